The predicted molar refractivity (Wildman–Crippen MR) is 158 cm³/mol. The van der Waals surface area contributed by atoms with Crippen molar-refractivity contribution in [1.82, 2.24) is 24.5 Å². The minimum atomic E-state index is -1.03. The Hall–Kier alpha value is -4.71. The van der Waals surface area contributed by atoms with Crippen LogP contribution in [0.4, 0.5) is 16.4 Å². The second-order valence-corrected chi connectivity index (χ2v) is 11.9. The summed E-state index contributed by atoms with van der Waals surface area (Å²) < 4.78 is 19.8. The van der Waals surface area contributed by atoms with Crippen LogP contribution in [-0.2, 0) is 9.47 Å². The number of nitrogens with one attached hydrogen (secondary N) is 1. The molecule has 2 aliphatic heterocycles. The van der Waals surface area contributed by atoms with Gasteiger partial charge in [0.15, 0.2) is 5.82 Å². The Morgan fingerprint density at radius 3 is 2.47 bits per heavy atom. The maximum atomic E-state index is 13.0. The minimum absolute atomic E-state index is 0.112. The number of nitrogens with zero attached hydrogens (tertiary/aromatic N) is 5. The van der Waals surface area contributed by atoms with E-state index in [9.17, 15) is 9.59 Å². The van der Waals surface area contributed by atoms with Crippen LogP contribution in [0.1, 0.15) is 49.7 Å². The van der Waals surface area contributed by atoms with E-state index in [0.717, 1.165) is 22.3 Å². The molecule has 43 heavy (non-hydrogen) atoms. The molecule has 2 bridgehead atoms. The van der Waals surface area contributed by atoms with Gasteiger partial charge in [-0.3, -0.25) is 9.88 Å². The number of piperidine rings is 1. The third kappa shape index (κ3) is 6.24. The number of pyridine rings is 3. The zero-order valence-electron chi connectivity index (χ0n) is 24.5. The highest BCUT2D eigenvalue weighted by Gasteiger charge is 2.44. The Bertz CT molecular complexity index is 1650. The molecule has 0 spiro atoms. The monoisotopic (exact) mass is 586 g/mol. The Kier molecular flexibility index (Phi) is 7.38. The molecule has 0 aromatic carbocycles. The van der Waals surface area contributed by atoms with Gasteiger partial charge in [-0.05, 0) is 63.6 Å². The molecule has 224 valence electrons. The summed E-state index contributed by atoms with van der Waals surface area (Å²) in [5.41, 5.74) is 3.10. The largest absolute Gasteiger partial charge is 0.488 e. The number of morpholine rings is 1. The number of hydrogen-bond donors (Lipinski definition) is 2. The number of ether oxygens (including phenoxy) is 3. The maximum Gasteiger partial charge on any atom is 0.410 e. The minimum Gasteiger partial charge on any atom is -0.488 e. The predicted octanol–water partition coefficient (Wildman–Crippen LogP) is 5.09. The zero-order chi connectivity index (χ0) is 30.3. The Labute approximate surface area is 248 Å². The lowest BCUT2D eigenvalue weighted by Crippen LogP contribution is -2.61. The number of carbonyl (C=O) groups is 2. The third-order valence-electron chi connectivity index (χ3n) is 7.42. The molecule has 0 aliphatic carbocycles. The van der Waals surface area contributed by atoms with Crippen molar-refractivity contribution < 1.29 is 28.9 Å². The summed E-state index contributed by atoms with van der Waals surface area (Å²) in [5.74, 6) is 0.699. The van der Waals surface area contributed by atoms with E-state index in [-0.39, 0.29) is 29.8 Å². The number of aromatic carboxylic acids is 1. The molecular weight excluding hydrogens is 552 g/mol. The van der Waals surface area contributed by atoms with E-state index < -0.39 is 11.6 Å². The summed E-state index contributed by atoms with van der Waals surface area (Å²) in [4.78, 5) is 34.6. The van der Waals surface area contributed by atoms with Crippen LogP contribution in [0.25, 0.3) is 16.6 Å². The van der Waals surface area contributed by atoms with E-state index in [4.69, 9.17) is 19.3 Å². The number of carboxylic acid groups (broad SMARTS) is 1. The van der Waals surface area contributed by atoms with E-state index in [1.807, 2.05) is 63.1 Å². The van der Waals surface area contributed by atoms with Gasteiger partial charge in [-0.2, -0.15) is 5.10 Å². The normalized spacial score (nSPS) is 20.1. The van der Waals surface area contributed by atoms with E-state index >= 15 is 0 Å². The molecule has 4 aromatic heterocycles. The molecule has 4 aromatic rings. The Morgan fingerprint density at radius 1 is 1.02 bits per heavy atom. The molecule has 2 aliphatic rings. The van der Waals surface area contributed by atoms with Gasteiger partial charge in [0.05, 0.1) is 42.6 Å². The van der Waals surface area contributed by atoms with Crippen LogP contribution < -0.4 is 10.1 Å². The molecule has 1 amide bonds. The third-order valence-corrected chi connectivity index (χ3v) is 7.42. The number of aromatic nitrogens is 4. The lowest BCUT2D eigenvalue weighted by atomic mass is 9.92. The first-order valence-electron chi connectivity index (χ1n) is 14.2. The smallest absolute Gasteiger partial charge is 0.410 e. The number of carboxylic acids is 1. The van der Waals surface area contributed by atoms with Crippen LogP contribution in [0, 0.1) is 6.92 Å². The summed E-state index contributed by atoms with van der Waals surface area (Å²) in [6, 6.07) is 10.7. The molecule has 12 heteroatoms. The number of carbonyl (C=O) groups excluding carboxylic acids is 1. The molecule has 6 heterocycles. The fourth-order valence-corrected chi connectivity index (χ4v) is 5.57. The van der Waals surface area contributed by atoms with Crippen molar-refractivity contribution in [3.63, 3.8) is 0 Å². The molecule has 0 radical (unpaired) electrons. The quantitative estimate of drug-likeness (QED) is 0.314. The number of amides is 1. The zero-order valence-corrected chi connectivity index (χ0v) is 24.5. The van der Waals surface area contributed by atoms with Gasteiger partial charge in [0.2, 0.25) is 0 Å². The molecule has 6 rings (SSSR count). The van der Waals surface area contributed by atoms with Gasteiger partial charge in [0.1, 0.15) is 23.3 Å². The van der Waals surface area contributed by atoms with Gasteiger partial charge in [-0.25, -0.2) is 19.1 Å². The van der Waals surface area contributed by atoms with Crippen molar-refractivity contribution in [1.29, 1.82) is 0 Å². The van der Waals surface area contributed by atoms with E-state index in [0.29, 0.717) is 43.4 Å². The van der Waals surface area contributed by atoms with Crippen molar-refractivity contribution in [3.05, 3.63) is 66.2 Å². The van der Waals surface area contributed by atoms with Crippen molar-refractivity contribution in [2.45, 2.75) is 64.3 Å². The van der Waals surface area contributed by atoms with Crippen LogP contribution in [0.15, 0.2) is 55.0 Å². The van der Waals surface area contributed by atoms with Crippen LogP contribution in [-0.4, -0.2) is 78.7 Å². The van der Waals surface area contributed by atoms with Crippen molar-refractivity contribution in [2.75, 3.05) is 18.5 Å². The average molecular weight is 587 g/mol. The lowest BCUT2D eigenvalue weighted by Gasteiger charge is -2.48. The van der Waals surface area contributed by atoms with Crippen LogP contribution in [0.2, 0.25) is 0 Å². The van der Waals surface area contributed by atoms with Crippen LogP contribution in [0.5, 0.6) is 5.75 Å². The van der Waals surface area contributed by atoms with Gasteiger partial charge < -0.3 is 24.6 Å². The first kappa shape index (κ1) is 28.4. The van der Waals surface area contributed by atoms with Gasteiger partial charge in [0, 0.05) is 42.6 Å². The van der Waals surface area contributed by atoms with Crippen LogP contribution >= 0.6 is 0 Å². The number of hydrogen-bond acceptors (Lipinski definition) is 9. The molecule has 2 fully saturated rings. The highest BCUT2D eigenvalue weighted by atomic mass is 16.6. The highest BCUT2D eigenvalue weighted by Crippen LogP contribution is 2.36. The summed E-state index contributed by atoms with van der Waals surface area (Å²) in [7, 11) is 0. The number of aryl methyl sites for hydroxylation is 1. The highest BCUT2D eigenvalue weighted by molar-refractivity contribution is 5.87. The van der Waals surface area contributed by atoms with E-state index in [2.05, 4.69) is 20.4 Å². The second kappa shape index (κ2) is 11.2. The molecule has 0 saturated carbocycles. The fourth-order valence-electron chi connectivity index (χ4n) is 5.57. The number of rotatable bonds is 6. The first-order chi connectivity index (χ1) is 20.5. The Morgan fingerprint density at radius 2 is 1.79 bits per heavy atom. The summed E-state index contributed by atoms with van der Waals surface area (Å²) in [6.45, 7) is 8.45. The van der Waals surface area contributed by atoms with Crippen molar-refractivity contribution in [3.8, 4) is 16.9 Å². The van der Waals surface area contributed by atoms with Gasteiger partial charge in [0.25, 0.3) is 0 Å². The SMILES string of the molecule is Cc1cc(-c2ccn3nc(Nc4ccc(C(=O)O)cn4)cc3c2)c(O[C@H]2C[C@H]3COC[C@@H](C2)N3C(=O)OC(C)(C)C)cn1. The molecule has 2 N–H and O–H groups in total. The summed E-state index contributed by atoms with van der Waals surface area (Å²) in [5, 5.41) is 16.8. The van der Waals surface area contributed by atoms with E-state index in [1.54, 1.807) is 16.8 Å². The standard InChI is InChI=1S/C31H34N6O6/c1-18-9-25(19-7-8-36-21(10-19)13-28(35-36)34-27-6-5-20(14-33-27)29(38)39)26(15-32-18)42-24-11-22-16-41-17-23(12-24)37(22)30(40)43-31(2,3)4/h5-10,13-15,22-24H,11-12,16-17H2,1-4H3,(H,38,39)(H,33,34,35)/t22-,23+,24-. The van der Waals surface area contributed by atoms with Crippen molar-refractivity contribution in [2.24, 2.45) is 0 Å². The Balaban J connectivity index is 1.21. The molecular formula is C31H34N6O6. The number of anilines is 2. The van der Waals surface area contributed by atoms with Gasteiger partial charge in [-0.15, -0.1) is 0 Å². The molecule has 12 nitrogen and oxygen atoms in total. The van der Waals surface area contributed by atoms with E-state index in [1.165, 1.54) is 12.3 Å². The second-order valence-electron chi connectivity index (χ2n) is 11.9. The summed E-state index contributed by atoms with van der Waals surface area (Å²) in [6.07, 6.45) is 5.76. The molecule has 2 saturated heterocycles. The average Bonchev–Trinajstić information content (AvgIpc) is 3.34. The van der Waals surface area contributed by atoms with Crippen LogP contribution in [0.3, 0.4) is 0 Å². The van der Waals surface area contributed by atoms with Crippen molar-refractivity contribution >= 4 is 29.2 Å². The lowest BCUT2D eigenvalue weighted by molar-refractivity contribution is -0.0993. The molecule has 3 atom stereocenters. The van der Waals surface area contributed by atoms with Gasteiger partial charge in [-0.1, -0.05) is 0 Å². The fraction of sp³-hybridized carbons (Fsp3) is 0.387. The first-order valence-corrected chi connectivity index (χ1v) is 14.2. The van der Waals surface area contributed by atoms with Gasteiger partial charge >= 0.3 is 12.1 Å². The maximum absolute atomic E-state index is 13.0. The molecule has 0 unspecified atom stereocenters. The summed E-state index contributed by atoms with van der Waals surface area (Å²) >= 11 is 0. The topological polar surface area (TPSA) is 140 Å². The number of fused-ring (bicyclic) bond motifs is 3.